The monoisotopic (exact) mass is 555 g/mol. The molecule has 234 valence electrons. The molecule has 39 heavy (non-hydrogen) atoms. The Bertz CT molecular complexity index is 468. The molecule has 0 aliphatic heterocycles. The highest BCUT2D eigenvalue weighted by Crippen LogP contribution is 2.13. The summed E-state index contributed by atoms with van der Waals surface area (Å²) in [5.41, 5.74) is 0. The number of esters is 1. The summed E-state index contributed by atoms with van der Waals surface area (Å²) < 4.78 is 17.4. The molecule has 0 N–H and O–H groups in total. The maximum absolute atomic E-state index is 12.7. The lowest BCUT2D eigenvalue weighted by atomic mass is 10.1. The van der Waals surface area contributed by atoms with Gasteiger partial charge >= 0.3 is 5.97 Å². The fraction of sp³-hybridized carbons (Fsp3) is 0.971. The normalized spacial score (nSPS) is 12.2. The highest BCUT2D eigenvalue weighted by molar-refractivity contribution is 5.74. The number of ether oxygens (including phenoxy) is 3. The van der Waals surface area contributed by atoms with Crippen LogP contribution >= 0.6 is 0 Å². The van der Waals surface area contributed by atoms with Gasteiger partial charge in [-0.2, -0.15) is 0 Å². The molecule has 0 fully saturated rings. The van der Waals surface area contributed by atoms with Gasteiger partial charge in [0.1, 0.15) is 0 Å². The highest BCUT2D eigenvalue weighted by atomic mass is 16.6. The molecule has 0 rings (SSSR count). The summed E-state index contributed by atoms with van der Waals surface area (Å²) >= 11 is 0. The Morgan fingerprint density at radius 3 is 1.18 bits per heavy atom. The van der Waals surface area contributed by atoms with Crippen molar-refractivity contribution in [2.75, 3.05) is 26.4 Å². The van der Waals surface area contributed by atoms with Crippen molar-refractivity contribution < 1.29 is 19.0 Å². The van der Waals surface area contributed by atoms with Crippen LogP contribution in [0.3, 0.4) is 0 Å². The van der Waals surface area contributed by atoms with Crippen LogP contribution in [0.4, 0.5) is 0 Å². The van der Waals surface area contributed by atoms with Crippen molar-refractivity contribution in [2.45, 2.75) is 194 Å². The van der Waals surface area contributed by atoms with E-state index >= 15 is 0 Å². The van der Waals surface area contributed by atoms with Gasteiger partial charge in [0.25, 0.3) is 0 Å². The highest BCUT2D eigenvalue weighted by Gasteiger charge is 2.21. The summed E-state index contributed by atoms with van der Waals surface area (Å²) in [6.45, 7) is 8.93. The molecule has 0 radical (unpaired) electrons. The Balaban J connectivity index is 4.02. The van der Waals surface area contributed by atoms with Gasteiger partial charge in [-0.05, 0) is 19.3 Å². The number of hydrogen-bond acceptors (Lipinski definition) is 4. The Morgan fingerprint density at radius 1 is 0.436 bits per heavy atom. The number of hydrogen-bond donors (Lipinski definition) is 0. The van der Waals surface area contributed by atoms with Gasteiger partial charge in [0.15, 0.2) is 6.10 Å². The van der Waals surface area contributed by atoms with Gasteiger partial charge in [-0.25, -0.2) is 4.79 Å². The quantitative estimate of drug-likeness (QED) is 0.0597. The van der Waals surface area contributed by atoms with Crippen LogP contribution in [0.2, 0.25) is 0 Å². The Labute approximate surface area is 245 Å². The molecule has 0 aromatic heterocycles. The molecular formula is C35H70O4. The molecule has 0 saturated heterocycles. The standard InChI is InChI=1S/C35H70O4/c1-4-7-10-13-16-18-20-22-24-27-30-37-33-34(35(36)39-32-29-25-15-12-9-6-3)38-31-28-26-23-21-19-17-14-11-8-5-2/h34H,4-33H2,1-3H3. The fourth-order valence-electron chi connectivity index (χ4n) is 5.03. The van der Waals surface area contributed by atoms with Crippen molar-refractivity contribution in [3.05, 3.63) is 0 Å². The maximum atomic E-state index is 12.7. The molecule has 1 atom stereocenters. The minimum Gasteiger partial charge on any atom is -0.464 e. The molecular weight excluding hydrogens is 484 g/mol. The lowest BCUT2D eigenvalue weighted by Gasteiger charge is -2.17. The van der Waals surface area contributed by atoms with E-state index in [-0.39, 0.29) is 5.97 Å². The SMILES string of the molecule is CCCCCCCCCCCCOCC(OCCCCCCCCCCCC)C(=O)OCCCCCCCC. The zero-order valence-electron chi connectivity index (χ0n) is 26.9. The zero-order chi connectivity index (χ0) is 28.5. The summed E-state index contributed by atoms with van der Waals surface area (Å²) in [6.07, 6.45) is 32.7. The maximum Gasteiger partial charge on any atom is 0.337 e. The number of rotatable bonds is 33. The molecule has 1 unspecified atom stereocenters. The molecule has 0 aliphatic carbocycles. The van der Waals surface area contributed by atoms with Crippen molar-refractivity contribution in [2.24, 2.45) is 0 Å². The predicted octanol–water partition coefficient (Wildman–Crippen LogP) is 11.1. The molecule has 4 nitrogen and oxygen atoms in total. The van der Waals surface area contributed by atoms with Gasteiger partial charge in [-0.15, -0.1) is 0 Å². The second-order valence-corrected chi connectivity index (χ2v) is 11.7. The molecule has 0 amide bonds. The van der Waals surface area contributed by atoms with E-state index in [0.29, 0.717) is 26.4 Å². The lowest BCUT2D eigenvalue weighted by molar-refractivity contribution is -0.161. The van der Waals surface area contributed by atoms with E-state index in [1.807, 2.05) is 0 Å². The van der Waals surface area contributed by atoms with Crippen LogP contribution in [0.15, 0.2) is 0 Å². The molecule has 0 heterocycles. The Hall–Kier alpha value is -0.610. The molecule has 0 aromatic rings. The Kier molecular flexibility index (Phi) is 33.1. The Morgan fingerprint density at radius 2 is 0.769 bits per heavy atom. The molecule has 0 spiro atoms. The van der Waals surface area contributed by atoms with Crippen molar-refractivity contribution >= 4 is 5.97 Å². The minimum atomic E-state index is -0.577. The van der Waals surface area contributed by atoms with E-state index in [9.17, 15) is 4.79 Å². The third-order valence-corrected chi connectivity index (χ3v) is 7.73. The molecule has 0 bridgehead atoms. The van der Waals surface area contributed by atoms with Crippen LogP contribution < -0.4 is 0 Å². The third-order valence-electron chi connectivity index (χ3n) is 7.73. The van der Waals surface area contributed by atoms with Crippen molar-refractivity contribution in [3.63, 3.8) is 0 Å². The van der Waals surface area contributed by atoms with Crippen LogP contribution in [-0.4, -0.2) is 38.5 Å². The molecule has 4 heteroatoms. The second kappa shape index (κ2) is 33.6. The van der Waals surface area contributed by atoms with E-state index < -0.39 is 6.10 Å². The lowest BCUT2D eigenvalue weighted by Crippen LogP contribution is -2.32. The van der Waals surface area contributed by atoms with Gasteiger partial charge < -0.3 is 14.2 Å². The van der Waals surface area contributed by atoms with Crippen molar-refractivity contribution in [1.29, 1.82) is 0 Å². The average Bonchev–Trinajstić information content (AvgIpc) is 2.94. The van der Waals surface area contributed by atoms with Gasteiger partial charge in [0, 0.05) is 13.2 Å². The van der Waals surface area contributed by atoms with E-state index in [1.54, 1.807) is 0 Å². The molecule has 0 aliphatic rings. The van der Waals surface area contributed by atoms with Crippen LogP contribution in [-0.2, 0) is 19.0 Å². The first-order valence-corrected chi connectivity index (χ1v) is 17.6. The molecule has 0 saturated carbocycles. The first kappa shape index (κ1) is 38.4. The summed E-state index contributed by atoms with van der Waals surface area (Å²) in [5, 5.41) is 0. The summed E-state index contributed by atoms with van der Waals surface area (Å²) in [6, 6.07) is 0. The summed E-state index contributed by atoms with van der Waals surface area (Å²) in [7, 11) is 0. The van der Waals surface area contributed by atoms with Crippen LogP contribution in [0, 0.1) is 0 Å². The van der Waals surface area contributed by atoms with Gasteiger partial charge in [-0.3, -0.25) is 0 Å². The van der Waals surface area contributed by atoms with Crippen LogP contribution in [0.25, 0.3) is 0 Å². The number of unbranched alkanes of at least 4 members (excludes halogenated alkanes) is 23. The summed E-state index contributed by atoms with van der Waals surface area (Å²) in [5.74, 6) is -0.237. The first-order chi connectivity index (χ1) is 19.3. The average molecular weight is 555 g/mol. The van der Waals surface area contributed by atoms with Gasteiger partial charge in [-0.1, -0.05) is 168 Å². The third kappa shape index (κ3) is 30.2. The number of carbonyl (C=O) groups excluding carboxylic acids is 1. The number of carbonyl (C=O) groups is 1. The van der Waals surface area contributed by atoms with Crippen molar-refractivity contribution in [3.8, 4) is 0 Å². The fourth-order valence-corrected chi connectivity index (χ4v) is 5.03. The first-order valence-electron chi connectivity index (χ1n) is 17.6. The van der Waals surface area contributed by atoms with Crippen LogP contribution in [0.5, 0.6) is 0 Å². The van der Waals surface area contributed by atoms with Crippen molar-refractivity contribution in [1.82, 2.24) is 0 Å². The van der Waals surface area contributed by atoms with Gasteiger partial charge in [0.2, 0.25) is 0 Å². The smallest absolute Gasteiger partial charge is 0.337 e. The van der Waals surface area contributed by atoms with E-state index in [4.69, 9.17) is 14.2 Å². The van der Waals surface area contributed by atoms with E-state index in [0.717, 1.165) is 25.7 Å². The molecule has 0 aromatic carbocycles. The largest absolute Gasteiger partial charge is 0.464 e. The topological polar surface area (TPSA) is 44.8 Å². The second-order valence-electron chi connectivity index (χ2n) is 11.7. The van der Waals surface area contributed by atoms with E-state index in [2.05, 4.69) is 20.8 Å². The predicted molar refractivity (Wildman–Crippen MR) is 169 cm³/mol. The van der Waals surface area contributed by atoms with Gasteiger partial charge in [0.05, 0.1) is 13.2 Å². The minimum absolute atomic E-state index is 0.237. The van der Waals surface area contributed by atoms with Crippen LogP contribution in [0.1, 0.15) is 188 Å². The zero-order valence-corrected chi connectivity index (χ0v) is 26.9. The summed E-state index contributed by atoms with van der Waals surface area (Å²) in [4.78, 5) is 12.7. The van der Waals surface area contributed by atoms with E-state index in [1.165, 1.54) is 141 Å².